The number of rotatable bonds is 4. The minimum absolute atomic E-state index is 0.0440. The molecule has 1 unspecified atom stereocenters. The predicted molar refractivity (Wildman–Crippen MR) is 94.1 cm³/mol. The molecule has 0 bridgehead atoms. The van der Waals surface area contributed by atoms with E-state index in [0.29, 0.717) is 18.3 Å². The summed E-state index contributed by atoms with van der Waals surface area (Å²) in [5.41, 5.74) is 3.03. The maximum Gasteiger partial charge on any atom is 0.278 e. The number of ether oxygens (including phenoxy) is 2. The number of aryl methyl sites for hydroxylation is 2. The second-order valence-corrected chi connectivity index (χ2v) is 6.30. The highest BCUT2D eigenvalue weighted by atomic mass is 16.5. The second-order valence-electron chi connectivity index (χ2n) is 6.30. The molecule has 2 aromatic rings. The first-order valence-corrected chi connectivity index (χ1v) is 8.46. The molecule has 0 N–H and O–H groups in total. The van der Waals surface area contributed by atoms with Crippen LogP contribution in [0.15, 0.2) is 30.6 Å². The van der Waals surface area contributed by atoms with Crippen LogP contribution in [0.25, 0.3) is 0 Å². The average Bonchev–Trinajstić information content (AvgIpc) is 2.64. The SMILES string of the molecule is COc1nccnc1OC1CCCN(C(=O)c2ccc(C)c(C)c2)C1. The van der Waals surface area contributed by atoms with Crippen molar-refractivity contribution in [2.24, 2.45) is 0 Å². The Labute approximate surface area is 147 Å². The van der Waals surface area contributed by atoms with Crippen molar-refractivity contribution in [3.8, 4) is 11.8 Å². The molecule has 1 amide bonds. The number of piperidine rings is 1. The Morgan fingerprint density at radius 1 is 1.16 bits per heavy atom. The van der Waals surface area contributed by atoms with Gasteiger partial charge in [-0.1, -0.05) is 6.07 Å². The van der Waals surface area contributed by atoms with Gasteiger partial charge in [0.25, 0.3) is 17.7 Å². The van der Waals surface area contributed by atoms with E-state index in [2.05, 4.69) is 9.97 Å². The minimum Gasteiger partial charge on any atom is -0.477 e. The van der Waals surface area contributed by atoms with E-state index in [1.807, 2.05) is 36.9 Å². The Bertz CT molecular complexity index is 763. The largest absolute Gasteiger partial charge is 0.477 e. The summed E-state index contributed by atoms with van der Waals surface area (Å²) in [6, 6.07) is 5.83. The van der Waals surface area contributed by atoms with E-state index in [9.17, 15) is 4.79 Å². The third kappa shape index (κ3) is 3.90. The van der Waals surface area contributed by atoms with E-state index in [0.717, 1.165) is 30.5 Å². The lowest BCUT2D eigenvalue weighted by Gasteiger charge is -2.32. The standard InChI is InChI=1S/C19H23N3O3/c1-13-6-7-15(11-14(13)2)19(23)22-10-4-5-16(12-22)25-18-17(24-3)20-8-9-21-18/h6-9,11,16H,4-5,10,12H2,1-3H3. The normalized spacial score (nSPS) is 17.2. The van der Waals surface area contributed by atoms with E-state index < -0.39 is 0 Å². The van der Waals surface area contributed by atoms with E-state index >= 15 is 0 Å². The average molecular weight is 341 g/mol. The molecule has 0 saturated carbocycles. The van der Waals surface area contributed by atoms with Gasteiger partial charge in [-0.2, -0.15) is 0 Å². The van der Waals surface area contributed by atoms with Gasteiger partial charge in [0, 0.05) is 24.5 Å². The molecule has 0 spiro atoms. The van der Waals surface area contributed by atoms with Gasteiger partial charge in [0.15, 0.2) is 0 Å². The van der Waals surface area contributed by atoms with Crippen molar-refractivity contribution in [2.45, 2.75) is 32.8 Å². The van der Waals surface area contributed by atoms with Crippen LogP contribution in [0.4, 0.5) is 0 Å². The van der Waals surface area contributed by atoms with Gasteiger partial charge in [0.1, 0.15) is 6.10 Å². The minimum atomic E-state index is -0.116. The molecule has 1 aliphatic heterocycles. The van der Waals surface area contributed by atoms with Crippen LogP contribution in [-0.4, -0.2) is 47.1 Å². The Morgan fingerprint density at radius 2 is 1.92 bits per heavy atom. The number of carbonyl (C=O) groups is 1. The molecule has 6 heteroatoms. The van der Waals surface area contributed by atoms with Crippen molar-refractivity contribution in [3.63, 3.8) is 0 Å². The fraction of sp³-hybridized carbons (Fsp3) is 0.421. The number of likely N-dealkylation sites (tertiary alicyclic amines) is 1. The molecule has 3 rings (SSSR count). The summed E-state index contributed by atoms with van der Waals surface area (Å²) in [7, 11) is 1.54. The molecule has 2 heterocycles. The Hall–Kier alpha value is -2.63. The van der Waals surface area contributed by atoms with Gasteiger partial charge in [-0.3, -0.25) is 4.79 Å². The molecule has 1 atom stereocenters. The lowest BCUT2D eigenvalue weighted by Crippen LogP contribution is -2.44. The molecule has 1 aromatic heterocycles. The van der Waals surface area contributed by atoms with Crippen molar-refractivity contribution in [2.75, 3.05) is 20.2 Å². The van der Waals surface area contributed by atoms with Crippen molar-refractivity contribution in [1.29, 1.82) is 0 Å². The van der Waals surface area contributed by atoms with Crippen LogP contribution in [0.1, 0.15) is 34.3 Å². The van der Waals surface area contributed by atoms with Crippen molar-refractivity contribution in [3.05, 3.63) is 47.3 Å². The molecule has 1 saturated heterocycles. The lowest BCUT2D eigenvalue weighted by molar-refractivity contribution is 0.0519. The van der Waals surface area contributed by atoms with Crippen LogP contribution in [0.2, 0.25) is 0 Å². The molecule has 0 radical (unpaired) electrons. The number of aromatic nitrogens is 2. The molecular formula is C19H23N3O3. The molecule has 1 aliphatic rings. The Kier molecular flexibility index (Phi) is 5.16. The van der Waals surface area contributed by atoms with Crippen molar-refractivity contribution in [1.82, 2.24) is 14.9 Å². The van der Waals surface area contributed by atoms with Crippen molar-refractivity contribution < 1.29 is 14.3 Å². The van der Waals surface area contributed by atoms with E-state index in [1.54, 1.807) is 12.4 Å². The van der Waals surface area contributed by atoms with Gasteiger partial charge in [-0.05, 0) is 49.9 Å². The first kappa shape index (κ1) is 17.2. The molecule has 25 heavy (non-hydrogen) atoms. The fourth-order valence-corrected chi connectivity index (χ4v) is 2.97. The second kappa shape index (κ2) is 7.51. The van der Waals surface area contributed by atoms with Crippen LogP contribution in [0.3, 0.4) is 0 Å². The van der Waals surface area contributed by atoms with Gasteiger partial charge >= 0.3 is 0 Å². The van der Waals surface area contributed by atoms with Gasteiger partial charge < -0.3 is 14.4 Å². The summed E-state index contributed by atoms with van der Waals surface area (Å²) in [4.78, 5) is 22.9. The van der Waals surface area contributed by atoms with Gasteiger partial charge in [-0.25, -0.2) is 9.97 Å². The quantitative estimate of drug-likeness (QED) is 0.855. The smallest absolute Gasteiger partial charge is 0.278 e. The highest BCUT2D eigenvalue weighted by molar-refractivity contribution is 5.94. The van der Waals surface area contributed by atoms with Crippen LogP contribution >= 0.6 is 0 Å². The zero-order valence-electron chi connectivity index (χ0n) is 14.9. The number of nitrogens with zero attached hydrogens (tertiary/aromatic N) is 3. The molecule has 6 nitrogen and oxygen atoms in total. The molecule has 1 aromatic carbocycles. The number of hydrogen-bond acceptors (Lipinski definition) is 5. The maximum absolute atomic E-state index is 12.8. The predicted octanol–water partition coefficient (Wildman–Crippen LogP) is 2.79. The topological polar surface area (TPSA) is 64.6 Å². The van der Waals surface area contributed by atoms with Gasteiger partial charge in [0.05, 0.1) is 13.7 Å². The van der Waals surface area contributed by atoms with E-state index in [4.69, 9.17) is 9.47 Å². The number of methoxy groups -OCH3 is 1. The zero-order chi connectivity index (χ0) is 17.8. The monoisotopic (exact) mass is 341 g/mol. The van der Waals surface area contributed by atoms with Crippen LogP contribution in [-0.2, 0) is 0 Å². The third-order valence-electron chi connectivity index (χ3n) is 4.52. The molecule has 1 fully saturated rings. The van der Waals surface area contributed by atoms with Crippen LogP contribution in [0, 0.1) is 13.8 Å². The summed E-state index contributed by atoms with van der Waals surface area (Å²) >= 11 is 0. The highest BCUT2D eigenvalue weighted by Gasteiger charge is 2.27. The number of carbonyl (C=O) groups excluding carboxylic acids is 1. The Balaban J connectivity index is 1.70. The third-order valence-corrected chi connectivity index (χ3v) is 4.52. The van der Waals surface area contributed by atoms with Crippen LogP contribution < -0.4 is 9.47 Å². The summed E-state index contributed by atoms with van der Waals surface area (Å²) in [6.45, 7) is 5.34. The maximum atomic E-state index is 12.8. The van der Waals surface area contributed by atoms with Gasteiger partial charge in [0.2, 0.25) is 0 Å². The fourth-order valence-electron chi connectivity index (χ4n) is 2.97. The number of benzene rings is 1. The summed E-state index contributed by atoms with van der Waals surface area (Å²) in [5.74, 6) is 0.776. The molecular weight excluding hydrogens is 318 g/mol. The molecule has 0 aliphatic carbocycles. The summed E-state index contributed by atoms with van der Waals surface area (Å²) in [5, 5.41) is 0. The lowest BCUT2D eigenvalue weighted by atomic mass is 10.0. The first-order chi connectivity index (χ1) is 12.1. The van der Waals surface area contributed by atoms with E-state index in [-0.39, 0.29) is 12.0 Å². The zero-order valence-corrected chi connectivity index (χ0v) is 14.9. The molecule has 132 valence electrons. The number of amides is 1. The summed E-state index contributed by atoms with van der Waals surface area (Å²) in [6.07, 6.45) is 4.77. The van der Waals surface area contributed by atoms with Crippen molar-refractivity contribution >= 4 is 5.91 Å². The summed E-state index contributed by atoms with van der Waals surface area (Å²) < 4.78 is 11.1. The van der Waals surface area contributed by atoms with E-state index in [1.165, 1.54) is 12.7 Å². The van der Waals surface area contributed by atoms with Gasteiger partial charge in [-0.15, -0.1) is 0 Å². The Morgan fingerprint density at radius 3 is 2.64 bits per heavy atom. The van der Waals surface area contributed by atoms with Crippen LogP contribution in [0.5, 0.6) is 11.8 Å². The highest BCUT2D eigenvalue weighted by Crippen LogP contribution is 2.24. The first-order valence-electron chi connectivity index (χ1n) is 8.46. The number of hydrogen-bond donors (Lipinski definition) is 0.